The fraction of sp³-hybridized carbons (Fsp3) is 1.00. The zero-order valence-corrected chi connectivity index (χ0v) is 11.3. The van der Waals surface area contributed by atoms with Crippen molar-refractivity contribution in [3.63, 3.8) is 0 Å². The summed E-state index contributed by atoms with van der Waals surface area (Å²) in [5.41, 5.74) is 6.30. The third kappa shape index (κ3) is 3.94. The fourth-order valence-corrected chi connectivity index (χ4v) is 3.03. The van der Waals surface area contributed by atoms with Crippen molar-refractivity contribution in [2.75, 3.05) is 32.8 Å². The van der Waals surface area contributed by atoms with Crippen LogP contribution in [0.4, 0.5) is 0 Å². The van der Waals surface area contributed by atoms with Gasteiger partial charge in [-0.05, 0) is 38.1 Å². The molecule has 0 aromatic rings. The Morgan fingerprint density at radius 3 is 2.59 bits per heavy atom. The largest absolute Gasteiger partial charge is 0.381 e. The van der Waals surface area contributed by atoms with E-state index in [1.807, 2.05) is 0 Å². The van der Waals surface area contributed by atoms with Gasteiger partial charge in [-0.3, -0.25) is 4.90 Å². The summed E-state index contributed by atoms with van der Waals surface area (Å²) in [6.07, 6.45) is 7.81. The summed E-state index contributed by atoms with van der Waals surface area (Å²) in [7, 11) is 0. The molecule has 2 rings (SSSR count). The van der Waals surface area contributed by atoms with Gasteiger partial charge in [0.05, 0.1) is 0 Å². The molecule has 0 aromatic carbocycles. The third-order valence-electron chi connectivity index (χ3n) is 4.46. The van der Waals surface area contributed by atoms with E-state index in [4.69, 9.17) is 10.5 Å². The number of rotatable bonds is 6. The molecule has 2 saturated heterocycles. The zero-order chi connectivity index (χ0) is 12.1. The van der Waals surface area contributed by atoms with Gasteiger partial charge in [-0.2, -0.15) is 0 Å². The average molecular weight is 240 g/mol. The Morgan fingerprint density at radius 1 is 1.24 bits per heavy atom. The monoisotopic (exact) mass is 240 g/mol. The van der Waals surface area contributed by atoms with Crippen LogP contribution in [0.15, 0.2) is 0 Å². The number of hydrogen-bond acceptors (Lipinski definition) is 3. The second-order valence-electron chi connectivity index (χ2n) is 5.98. The molecule has 0 aliphatic carbocycles. The van der Waals surface area contributed by atoms with Crippen LogP contribution >= 0.6 is 0 Å². The van der Waals surface area contributed by atoms with Crippen LogP contribution in [0, 0.1) is 5.92 Å². The van der Waals surface area contributed by atoms with E-state index in [1.165, 1.54) is 38.6 Å². The molecule has 0 saturated carbocycles. The minimum atomic E-state index is 0.140. The van der Waals surface area contributed by atoms with Crippen LogP contribution in [0.1, 0.15) is 45.4 Å². The highest BCUT2D eigenvalue weighted by molar-refractivity contribution is 4.98. The second-order valence-corrected chi connectivity index (χ2v) is 5.98. The normalized spacial score (nSPS) is 25.8. The van der Waals surface area contributed by atoms with E-state index in [1.54, 1.807) is 0 Å². The van der Waals surface area contributed by atoms with Crippen LogP contribution in [0.3, 0.4) is 0 Å². The van der Waals surface area contributed by atoms with Crippen molar-refractivity contribution in [1.82, 2.24) is 4.90 Å². The number of nitrogens with two attached hydrogens (primary N) is 1. The van der Waals surface area contributed by atoms with Crippen LogP contribution in [0.25, 0.3) is 0 Å². The molecule has 0 spiro atoms. The number of likely N-dealkylation sites (tertiary alicyclic amines) is 1. The molecule has 3 heteroatoms. The van der Waals surface area contributed by atoms with Crippen LogP contribution in [0.5, 0.6) is 0 Å². The minimum absolute atomic E-state index is 0.140. The number of ether oxygens (including phenoxy) is 1. The van der Waals surface area contributed by atoms with E-state index >= 15 is 0 Å². The molecule has 0 amide bonds. The lowest BCUT2D eigenvalue weighted by Crippen LogP contribution is -2.66. The molecule has 0 radical (unpaired) electrons. The van der Waals surface area contributed by atoms with Gasteiger partial charge in [0.1, 0.15) is 0 Å². The molecular weight excluding hydrogens is 212 g/mol. The molecule has 0 unspecified atom stereocenters. The van der Waals surface area contributed by atoms with Crippen LogP contribution in [-0.2, 0) is 4.74 Å². The summed E-state index contributed by atoms with van der Waals surface area (Å²) in [5, 5.41) is 0. The standard InChI is InChI=1S/C14H28N2O/c1-2-14(15)11-16(12-14)8-4-3-5-13-6-9-17-10-7-13/h13H,2-12,15H2,1H3. The summed E-state index contributed by atoms with van der Waals surface area (Å²) in [6, 6.07) is 0. The molecule has 2 heterocycles. The summed E-state index contributed by atoms with van der Waals surface area (Å²) < 4.78 is 5.38. The van der Waals surface area contributed by atoms with Crippen molar-refractivity contribution in [3.8, 4) is 0 Å². The molecule has 2 aliphatic heterocycles. The van der Waals surface area contributed by atoms with Crippen LogP contribution in [0.2, 0.25) is 0 Å². The van der Waals surface area contributed by atoms with Crippen molar-refractivity contribution in [3.05, 3.63) is 0 Å². The number of hydrogen-bond donors (Lipinski definition) is 1. The second kappa shape index (κ2) is 6.17. The highest BCUT2D eigenvalue weighted by Gasteiger charge is 2.36. The molecule has 0 bridgehead atoms. The predicted molar refractivity (Wildman–Crippen MR) is 71.0 cm³/mol. The topological polar surface area (TPSA) is 38.5 Å². The lowest BCUT2D eigenvalue weighted by Gasteiger charge is -2.47. The van der Waals surface area contributed by atoms with Gasteiger partial charge in [-0.25, -0.2) is 0 Å². The van der Waals surface area contributed by atoms with Gasteiger partial charge >= 0.3 is 0 Å². The van der Waals surface area contributed by atoms with Crippen molar-refractivity contribution in [2.24, 2.45) is 11.7 Å². The van der Waals surface area contributed by atoms with E-state index in [0.29, 0.717) is 0 Å². The van der Waals surface area contributed by atoms with Gasteiger partial charge in [0.25, 0.3) is 0 Å². The van der Waals surface area contributed by atoms with E-state index in [9.17, 15) is 0 Å². The summed E-state index contributed by atoms with van der Waals surface area (Å²) in [5.74, 6) is 0.935. The summed E-state index contributed by atoms with van der Waals surface area (Å²) >= 11 is 0. The van der Waals surface area contributed by atoms with Crippen LogP contribution < -0.4 is 5.73 Å². The lowest BCUT2D eigenvalue weighted by molar-refractivity contribution is 0.0569. The van der Waals surface area contributed by atoms with E-state index in [0.717, 1.165) is 38.6 Å². The zero-order valence-electron chi connectivity index (χ0n) is 11.3. The van der Waals surface area contributed by atoms with Crippen LogP contribution in [-0.4, -0.2) is 43.3 Å². The number of nitrogens with zero attached hydrogens (tertiary/aromatic N) is 1. The SMILES string of the molecule is CCC1(N)CN(CCCCC2CCOCC2)C1. The van der Waals surface area contributed by atoms with Gasteiger partial charge < -0.3 is 10.5 Å². The first-order valence-corrected chi connectivity index (χ1v) is 7.31. The van der Waals surface area contributed by atoms with Gasteiger partial charge in [0, 0.05) is 31.8 Å². The molecule has 0 atom stereocenters. The Bertz CT molecular complexity index is 220. The molecule has 100 valence electrons. The van der Waals surface area contributed by atoms with Crippen molar-refractivity contribution >= 4 is 0 Å². The first-order valence-electron chi connectivity index (χ1n) is 7.31. The Morgan fingerprint density at radius 2 is 1.94 bits per heavy atom. The summed E-state index contributed by atoms with van der Waals surface area (Å²) in [6.45, 7) is 7.65. The van der Waals surface area contributed by atoms with Crippen molar-refractivity contribution in [2.45, 2.75) is 51.0 Å². The van der Waals surface area contributed by atoms with E-state index < -0.39 is 0 Å². The first-order chi connectivity index (χ1) is 8.22. The molecule has 0 aromatic heterocycles. The van der Waals surface area contributed by atoms with Crippen molar-refractivity contribution < 1.29 is 4.74 Å². The molecule has 2 fully saturated rings. The third-order valence-corrected chi connectivity index (χ3v) is 4.46. The van der Waals surface area contributed by atoms with Crippen molar-refractivity contribution in [1.29, 1.82) is 0 Å². The Hall–Kier alpha value is -0.120. The highest BCUT2D eigenvalue weighted by Crippen LogP contribution is 2.23. The first kappa shape index (κ1) is 13.3. The number of unbranched alkanes of at least 4 members (excludes halogenated alkanes) is 1. The quantitative estimate of drug-likeness (QED) is 0.722. The Labute approximate surface area is 106 Å². The Balaban J connectivity index is 1.47. The van der Waals surface area contributed by atoms with E-state index in [2.05, 4.69) is 11.8 Å². The Kier molecular flexibility index (Phi) is 4.83. The molecule has 2 aliphatic rings. The van der Waals surface area contributed by atoms with Gasteiger partial charge in [-0.1, -0.05) is 19.8 Å². The highest BCUT2D eigenvalue weighted by atomic mass is 16.5. The average Bonchev–Trinajstić information content (AvgIpc) is 2.33. The fourth-order valence-electron chi connectivity index (χ4n) is 3.03. The molecular formula is C14H28N2O. The maximum atomic E-state index is 6.16. The summed E-state index contributed by atoms with van der Waals surface area (Å²) in [4.78, 5) is 2.51. The van der Waals surface area contributed by atoms with Gasteiger partial charge in [0.15, 0.2) is 0 Å². The van der Waals surface area contributed by atoms with Gasteiger partial charge in [0.2, 0.25) is 0 Å². The molecule has 17 heavy (non-hydrogen) atoms. The maximum absolute atomic E-state index is 6.16. The maximum Gasteiger partial charge on any atom is 0.0468 e. The smallest absolute Gasteiger partial charge is 0.0468 e. The molecule has 2 N–H and O–H groups in total. The van der Waals surface area contributed by atoms with Gasteiger partial charge in [-0.15, -0.1) is 0 Å². The minimum Gasteiger partial charge on any atom is -0.381 e. The lowest BCUT2D eigenvalue weighted by atomic mass is 9.88. The predicted octanol–water partition coefficient (Wildman–Crippen LogP) is 2.01. The van der Waals surface area contributed by atoms with E-state index in [-0.39, 0.29) is 5.54 Å². The molecule has 3 nitrogen and oxygen atoms in total.